The number of Topliss-reactive ketones (excluding diaryl/α,β-unsaturated/α-hetero) is 1. The van der Waals surface area contributed by atoms with Gasteiger partial charge < -0.3 is 4.74 Å². The third-order valence-corrected chi connectivity index (χ3v) is 10.7. The number of pyridine rings is 2. The van der Waals surface area contributed by atoms with Crippen LogP contribution >= 0.6 is 0 Å². The molecule has 10 nitrogen and oxygen atoms in total. The fourth-order valence-electron chi connectivity index (χ4n) is 6.18. The third-order valence-electron chi connectivity index (χ3n) is 8.83. The predicted octanol–water partition coefficient (Wildman–Crippen LogP) is 5.55. The molecule has 1 aliphatic rings. The molecule has 5 aromatic rings. The SMILES string of the molecule is CC[C@@H]1CN(Cc2cc([C@H](CC(=O)Cc3cccnc3)c3ccc4c(nnn4CC)c3C)ccc2C)S(=O)(=O)c2cccnc2O1. The molecule has 11 heteroatoms. The molecule has 2 aromatic carbocycles. The van der Waals surface area contributed by atoms with Gasteiger partial charge in [-0.15, -0.1) is 5.10 Å². The Morgan fingerprint density at radius 3 is 2.65 bits per heavy atom. The zero-order valence-electron chi connectivity index (χ0n) is 26.6. The Kier molecular flexibility index (Phi) is 8.97. The quantitative estimate of drug-likeness (QED) is 0.195. The van der Waals surface area contributed by atoms with Crippen molar-refractivity contribution in [2.45, 2.75) is 77.0 Å². The van der Waals surface area contributed by atoms with Crippen LogP contribution in [0.2, 0.25) is 0 Å². The Labute approximate surface area is 269 Å². The number of carbonyl (C=O) groups is 1. The first-order valence-corrected chi connectivity index (χ1v) is 17.1. The second-order valence-corrected chi connectivity index (χ2v) is 13.7. The molecule has 238 valence electrons. The molecule has 0 saturated carbocycles. The molecule has 0 saturated heterocycles. The number of nitrogens with zero attached hydrogens (tertiary/aromatic N) is 6. The van der Waals surface area contributed by atoms with Crippen LogP contribution in [0, 0.1) is 13.8 Å². The highest BCUT2D eigenvalue weighted by Gasteiger charge is 2.35. The fraction of sp³-hybridized carbons (Fsp3) is 0.343. The van der Waals surface area contributed by atoms with Gasteiger partial charge in [-0.3, -0.25) is 9.78 Å². The number of carbonyl (C=O) groups excluding carboxylic acids is 1. The number of ether oxygens (including phenoxy) is 1. The van der Waals surface area contributed by atoms with Crippen LogP contribution in [0.1, 0.15) is 66.0 Å². The first-order chi connectivity index (χ1) is 22.2. The Morgan fingerprint density at radius 1 is 1.07 bits per heavy atom. The van der Waals surface area contributed by atoms with E-state index < -0.39 is 10.0 Å². The largest absolute Gasteiger partial charge is 0.472 e. The van der Waals surface area contributed by atoms with E-state index in [9.17, 15) is 13.2 Å². The summed E-state index contributed by atoms with van der Waals surface area (Å²) in [5.74, 6) is -0.0588. The van der Waals surface area contributed by atoms with Crippen molar-refractivity contribution in [3.05, 3.63) is 107 Å². The lowest BCUT2D eigenvalue weighted by atomic mass is 9.82. The van der Waals surface area contributed by atoms with E-state index in [4.69, 9.17) is 4.74 Å². The molecule has 0 radical (unpaired) electrons. The Morgan fingerprint density at radius 2 is 1.89 bits per heavy atom. The summed E-state index contributed by atoms with van der Waals surface area (Å²) in [5.41, 5.74) is 7.34. The number of ketones is 1. The Balaban J connectivity index is 1.40. The van der Waals surface area contributed by atoms with Crippen LogP contribution in [-0.2, 0) is 34.3 Å². The van der Waals surface area contributed by atoms with Crippen LogP contribution in [0.4, 0.5) is 0 Å². The molecule has 0 unspecified atom stereocenters. The highest BCUT2D eigenvalue weighted by atomic mass is 32.2. The van der Waals surface area contributed by atoms with Gasteiger partial charge in [0.25, 0.3) is 0 Å². The number of rotatable bonds is 10. The standard InChI is InChI=1S/C35H38N6O4S/c1-5-29-22-40(46(43,44)33-10-8-16-37-35(33)45-29)21-27-18-26(12-11-23(27)3)31(19-28(42)17-25-9-7-15-36-20-25)30-13-14-32-34(24(30)4)38-39-41(32)6-2/h7-16,18,20,29,31H,5-6,17,19,21-22H2,1-4H3/t29-,31+/m1/s1. The first kappa shape index (κ1) is 31.5. The van der Waals surface area contributed by atoms with Crippen LogP contribution in [0.25, 0.3) is 11.0 Å². The minimum Gasteiger partial charge on any atom is -0.472 e. The number of benzene rings is 2. The van der Waals surface area contributed by atoms with E-state index in [1.54, 1.807) is 30.7 Å². The molecular weight excluding hydrogens is 600 g/mol. The minimum atomic E-state index is -3.88. The zero-order valence-corrected chi connectivity index (χ0v) is 27.4. The number of hydrogen-bond donors (Lipinski definition) is 0. The summed E-state index contributed by atoms with van der Waals surface area (Å²) in [7, 11) is -3.88. The van der Waals surface area contributed by atoms with Gasteiger partial charge in [-0.2, -0.15) is 4.31 Å². The average molecular weight is 639 g/mol. The van der Waals surface area contributed by atoms with Gasteiger partial charge in [0.2, 0.25) is 15.9 Å². The summed E-state index contributed by atoms with van der Waals surface area (Å²) in [6.45, 7) is 9.08. The molecule has 0 amide bonds. The molecule has 0 bridgehead atoms. The maximum Gasteiger partial charge on any atom is 0.248 e. The van der Waals surface area contributed by atoms with Crippen LogP contribution in [0.5, 0.6) is 5.88 Å². The van der Waals surface area contributed by atoms with Gasteiger partial charge in [0.05, 0.1) is 12.1 Å². The summed E-state index contributed by atoms with van der Waals surface area (Å²) in [6.07, 6.45) is 5.79. The number of sulfonamides is 1. The van der Waals surface area contributed by atoms with E-state index in [0.29, 0.717) is 13.0 Å². The van der Waals surface area contributed by atoms with Crippen molar-refractivity contribution in [3.63, 3.8) is 0 Å². The molecule has 1 aliphatic heterocycles. The minimum absolute atomic E-state index is 0.0719. The highest BCUT2D eigenvalue weighted by Crippen LogP contribution is 2.36. The molecule has 2 atom stereocenters. The van der Waals surface area contributed by atoms with E-state index in [1.165, 1.54) is 4.31 Å². The second kappa shape index (κ2) is 13.1. The maximum absolute atomic E-state index is 13.9. The smallest absolute Gasteiger partial charge is 0.248 e. The fourth-order valence-corrected chi connectivity index (χ4v) is 7.70. The lowest BCUT2D eigenvalue weighted by Crippen LogP contribution is -2.36. The topological polar surface area (TPSA) is 120 Å². The molecule has 6 rings (SSSR count). The summed E-state index contributed by atoms with van der Waals surface area (Å²) < 4.78 is 37.2. The van der Waals surface area contributed by atoms with E-state index in [1.807, 2.05) is 62.7 Å². The van der Waals surface area contributed by atoms with Crippen LogP contribution in [0.3, 0.4) is 0 Å². The number of aromatic nitrogens is 5. The lowest BCUT2D eigenvalue weighted by molar-refractivity contribution is -0.118. The van der Waals surface area contributed by atoms with Crippen molar-refractivity contribution < 1.29 is 17.9 Å². The van der Waals surface area contributed by atoms with Gasteiger partial charge in [-0.1, -0.05) is 42.5 Å². The second-order valence-electron chi connectivity index (χ2n) is 11.8. The predicted molar refractivity (Wildman–Crippen MR) is 175 cm³/mol. The van der Waals surface area contributed by atoms with E-state index >= 15 is 0 Å². The van der Waals surface area contributed by atoms with Crippen molar-refractivity contribution in [3.8, 4) is 5.88 Å². The van der Waals surface area contributed by atoms with Gasteiger partial charge in [-0.05, 0) is 84.8 Å². The Hall–Kier alpha value is -4.48. The van der Waals surface area contributed by atoms with Crippen LogP contribution in [-0.4, -0.2) is 56.1 Å². The summed E-state index contributed by atoms with van der Waals surface area (Å²) in [4.78, 5) is 22.1. The lowest BCUT2D eigenvalue weighted by Gasteiger charge is -2.25. The van der Waals surface area contributed by atoms with Crippen molar-refractivity contribution >= 4 is 26.8 Å². The zero-order chi connectivity index (χ0) is 32.4. The molecule has 0 spiro atoms. The van der Waals surface area contributed by atoms with Gasteiger partial charge in [0.1, 0.15) is 22.3 Å². The van der Waals surface area contributed by atoms with Crippen molar-refractivity contribution in [1.29, 1.82) is 0 Å². The normalized spacial score (nSPS) is 16.8. The monoisotopic (exact) mass is 638 g/mol. The molecule has 0 fully saturated rings. The molecule has 4 heterocycles. The number of fused-ring (bicyclic) bond motifs is 2. The summed E-state index contributed by atoms with van der Waals surface area (Å²) >= 11 is 0. The van der Waals surface area contributed by atoms with Crippen molar-refractivity contribution in [2.24, 2.45) is 0 Å². The molecular formula is C35H38N6O4S. The summed E-state index contributed by atoms with van der Waals surface area (Å²) in [5, 5.41) is 8.79. The summed E-state index contributed by atoms with van der Waals surface area (Å²) in [6, 6.07) is 17.1. The van der Waals surface area contributed by atoms with Crippen LogP contribution in [0.15, 0.2) is 78.1 Å². The molecule has 0 aliphatic carbocycles. The Bertz CT molecular complexity index is 1990. The molecule has 0 N–H and O–H groups in total. The van der Waals surface area contributed by atoms with Gasteiger partial charge in [0.15, 0.2) is 0 Å². The van der Waals surface area contributed by atoms with Crippen molar-refractivity contribution in [1.82, 2.24) is 29.3 Å². The number of hydrogen-bond acceptors (Lipinski definition) is 8. The maximum atomic E-state index is 13.9. The van der Waals surface area contributed by atoms with E-state index in [2.05, 4.69) is 32.4 Å². The van der Waals surface area contributed by atoms with Crippen LogP contribution < -0.4 is 4.74 Å². The van der Waals surface area contributed by atoms with Gasteiger partial charge >= 0.3 is 0 Å². The number of aryl methyl sites for hydroxylation is 3. The highest BCUT2D eigenvalue weighted by molar-refractivity contribution is 7.89. The molecule has 3 aromatic heterocycles. The van der Waals surface area contributed by atoms with Crippen molar-refractivity contribution in [2.75, 3.05) is 6.54 Å². The third kappa shape index (κ3) is 6.17. The van der Waals surface area contributed by atoms with Gasteiger partial charge in [-0.25, -0.2) is 18.1 Å². The van der Waals surface area contributed by atoms with Gasteiger partial charge in [0, 0.05) is 50.4 Å². The average Bonchev–Trinajstić information content (AvgIpc) is 3.45. The van der Waals surface area contributed by atoms with E-state index in [-0.39, 0.29) is 54.5 Å². The van der Waals surface area contributed by atoms with E-state index in [0.717, 1.165) is 44.4 Å². The first-order valence-electron chi connectivity index (χ1n) is 15.6. The molecule has 46 heavy (non-hydrogen) atoms.